The van der Waals surface area contributed by atoms with E-state index in [1.54, 1.807) is 0 Å². The van der Waals surface area contributed by atoms with Crippen LogP contribution in [0.2, 0.25) is 0 Å². The van der Waals surface area contributed by atoms with Crippen LogP contribution in [0.1, 0.15) is 194 Å². The smallest absolute Gasteiger partial charge is 0.306 e. The van der Waals surface area contributed by atoms with Gasteiger partial charge >= 0.3 is 5.97 Å². The summed E-state index contributed by atoms with van der Waals surface area (Å²) in [5, 5.41) is 9.38. The molecule has 0 bridgehead atoms. The van der Waals surface area contributed by atoms with Crippen molar-refractivity contribution in [1.29, 1.82) is 0 Å². The predicted molar refractivity (Wildman–Crippen MR) is 168 cm³/mol. The van der Waals surface area contributed by atoms with Crippen LogP contribution in [0, 0.1) is 0 Å². The first kappa shape index (κ1) is 38.4. The number of hydrogen-bond acceptors (Lipinski definition) is 4. The molecular weight excluding hydrogens is 484 g/mol. The molecule has 0 radical (unpaired) electrons. The van der Waals surface area contributed by atoms with E-state index in [0.717, 1.165) is 25.7 Å². The molecule has 0 spiro atoms. The fourth-order valence-corrected chi connectivity index (χ4v) is 5.27. The molecule has 0 fully saturated rings. The Bertz CT molecular complexity index is 468. The van der Waals surface area contributed by atoms with Gasteiger partial charge in [0.05, 0.1) is 13.2 Å². The molecule has 0 aromatic carbocycles. The molecule has 0 aliphatic rings. The first-order valence-electron chi connectivity index (χ1n) is 17.6. The Hall–Kier alpha value is -0.610. The number of rotatable bonds is 33. The quantitative estimate of drug-likeness (QED) is 0.0647. The summed E-state index contributed by atoms with van der Waals surface area (Å²) in [6.07, 6.45) is 36.5. The van der Waals surface area contributed by atoms with Crippen LogP contribution in [0.3, 0.4) is 0 Å². The number of aliphatic hydroxyl groups excluding tert-OH is 1. The average Bonchev–Trinajstić information content (AvgIpc) is 2.94. The van der Waals surface area contributed by atoms with Crippen LogP contribution < -0.4 is 0 Å². The number of aliphatic hydroxyl groups is 1. The summed E-state index contributed by atoms with van der Waals surface area (Å²) in [7, 11) is 0. The highest BCUT2D eigenvalue weighted by Crippen LogP contribution is 2.15. The summed E-state index contributed by atoms with van der Waals surface area (Å²) in [5.74, 6) is -0.221. The number of carbonyl (C=O) groups is 1. The lowest BCUT2D eigenvalue weighted by Gasteiger charge is -2.15. The van der Waals surface area contributed by atoms with Gasteiger partial charge in [0, 0.05) is 13.0 Å². The van der Waals surface area contributed by atoms with E-state index in [9.17, 15) is 9.90 Å². The van der Waals surface area contributed by atoms with Crippen molar-refractivity contribution in [1.82, 2.24) is 0 Å². The lowest BCUT2D eigenvalue weighted by molar-refractivity contribution is -0.154. The van der Waals surface area contributed by atoms with Crippen LogP contribution in [0.25, 0.3) is 0 Å². The normalized spacial score (nSPS) is 12.2. The summed E-state index contributed by atoms with van der Waals surface area (Å²) in [5.41, 5.74) is 0. The van der Waals surface area contributed by atoms with E-state index in [0.29, 0.717) is 19.6 Å². The maximum absolute atomic E-state index is 11.7. The molecule has 39 heavy (non-hydrogen) atoms. The fraction of sp³-hybridized carbons (Fsp3) is 0.971. The monoisotopic (exact) mass is 555 g/mol. The first-order valence-corrected chi connectivity index (χ1v) is 17.6. The van der Waals surface area contributed by atoms with Crippen LogP contribution in [-0.2, 0) is 14.3 Å². The van der Waals surface area contributed by atoms with Gasteiger partial charge in [0.2, 0.25) is 0 Å². The van der Waals surface area contributed by atoms with Gasteiger partial charge in [-0.05, 0) is 12.8 Å². The highest BCUT2D eigenvalue weighted by molar-refractivity contribution is 5.69. The number of ether oxygens (including phenoxy) is 2. The molecular formula is C35H70O4. The Morgan fingerprint density at radius 1 is 0.513 bits per heavy atom. The molecule has 0 heterocycles. The van der Waals surface area contributed by atoms with Crippen LogP contribution >= 0.6 is 0 Å². The van der Waals surface area contributed by atoms with E-state index in [1.165, 1.54) is 148 Å². The van der Waals surface area contributed by atoms with E-state index in [1.807, 2.05) is 0 Å². The summed E-state index contributed by atoms with van der Waals surface area (Å²) in [6.45, 7) is 5.22. The van der Waals surface area contributed by atoms with E-state index >= 15 is 0 Å². The summed E-state index contributed by atoms with van der Waals surface area (Å²) < 4.78 is 10.9. The van der Waals surface area contributed by atoms with Crippen molar-refractivity contribution in [2.75, 3.05) is 19.8 Å². The molecule has 0 aromatic rings. The van der Waals surface area contributed by atoms with Crippen molar-refractivity contribution in [2.24, 2.45) is 0 Å². The van der Waals surface area contributed by atoms with Gasteiger partial charge in [-0.3, -0.25) is 4.79 Å². The molecule has 0 aliphatic carbocycles. The minimum Gasteiger partial charge on any atom is -0.457 e. The summed E-state index contributed by atoms with van der Waals surface area (Å²) >= 11 is 0. The standard InChI is InChI=1S/C35H70O4/c1-3-5-7-8-9-10-11-12-13-14-15-16-17-18-19-20-21-22-23-24-25-26-27-29-31-38-33-34(32-36)39-35(37)30-28-6-4-2/h34,36H,3-33H2,1-2H3. The molecule has 0 rings (SSSR count). The molecule has 4 nitrogen and oxygen atoms in total. The zero-order chi connectivity index (χ0) is 28.5. The number of carbonyl (C=O) groups excluding carboxylic acids is 1. The van der Waals surface area contributed by atoms with Crippen molar-refractivity contribution >= 4 is 5.97 Å². The Kier molecular flexibility index (Phi) is 33.1. The van der Waals surface area contributed by atoms with Gasteiger partial charge in [-0.2, -0.15) is 0 Å². The zero-order valence-electron chi connectivity index (χ0n) is 26.7. The van der Waals surface area contributed by atoms with Gasteiger partial charge in [0.25, 0.3) is 0 Å². The fourth-order valence-electron chi connectivity index (χ4n) is 5.27. The Labute approximate surface area is 244 Å². The Balaban J connectivity index is 3.21. The highest BCUT2D eigenvalue weighted by atomic mass is 16.6. The summed E-state index contributed by atoms with van der Waals surface area (Å²) in [4.78, 5) is 11.7. The van der Waals surface area contributed by atoms with Crippen molar-refractivity contribution in [3.8, 4) is 0 Å². The third-order valence-electron chi connectivity index (χ3n) is 7.93. The zero-order valence-corrected chi connectivity index (χ0v) is 26.7. The van der Waals surface area contributed by atoms with Crippen molar-refractivity contribution < 1.29 is 19.4 Å². The highest BCUT2D eigenvalue weighted by Gasteiger charge is 2.13. The molecule has 1 unspecified atom stereocenters. The van der Waals surface area contributed by atoms with Crippen molar-refractivity contribution in [3.05, 3.63) is 0 Å². The first-order chi connectivity index (χ1) is 19.2. The third-order valence-corrected chi connectivity index (χ3v) is 7.93. The van der Waals surface area contributed by atoms with Crippen LogP contribution in [0.4, 0.5) is 0 Å². The predicted octanol–water partition coefficient (Wildman–Crippen LogP) is 10.9. The lowest BCUT2D eigenvalue weighted by Crippen LogP contribution is -2.27. The molecule has 234 valence electrons. The second-order valence-corrected chi connectivity index (χ2v) is 12.0. The number of unbranched alkanes of at least 4 members (excludes halogenated alkanes) is 25. The van der Waals surface area contributed by atoms with Gasteiger partial charge < -0.3 is 14.6 Å². The molecule has 0 saturated heterocycles. The van der Waals surface area contributed by atoms with Gasteiger partial charge in [0.15, 0.2) is 0 Å². The van der Waals surface area contributed by atoms with Gasteiger partial charge in [-0.25, -0.2) is 0 Å². The molecule has 0 aliphatic heterocycles. The Morgan fingerprint density at radius 2 is 0.846 bits per heavy atom. The number of esters is 1. The third kappa shape index (κ3) is 31.8. The maximum atomic E-state index is 11.7. The summed E-state index contributed by atoms with van der Waals surface area (Å²) in [6, 6.07) is 0. The molecule has 0 amide bonds. The van der Waals surface area contributed by atoms with E-state index < -0.39 is 6.10 Å². The van der Waals surface area contributed by atoms with Crippen LogP contribution in [0.5, 0.6) is 0 Å². The molecule has 0 aromatic heterocycles. The lowest BCUT2D eigenvalue weighted by atomic mass is 10.0. The van der Waals surface area contributed by atoms with Crippen LogP contribution in [0.15, 0.2) is 0 Å². The van der Waals surface area contributed by atoms with Gasteiger partial charge in [-0.1, -0.05) is 174 Å². The van der Waals surface area contributed by atoms with E-state index in [2.05, 4.69) is 13.8 Å². The molecule has 4 heteroatoms. The maximum Gasteiger partial charge on any atom is 0.306 e. The topological polar surface area (TPSA) is 55.8 Å². The van der Waals surface area contributed by atoms with Crippen LogP contribution in [-0.4, -0.2) is 37.0 Å². The van der Waals surface area contributed by atoms with Crippen molar-refractivity contribution in [3.63, 3.8) is 0 Å². The number of hydrogen-bond donors (Lipinski definition) is 1. The molecule has 1 N–H and O–H groups in total. The van der Waals surface area contributed by atoms with Crippen molar-refractivity contribution in [2.45, 2.75) is 200 Å². The molecule has 1 atom stereocenters. The molecule has 0 saturated carbocycles. The minimum absolute atomic E-state index is 0.168. The van der Waals surface area contributed by atoms with E-state index in [4.69, 9.17) is 9.47 Å². The minimum atomic E-state index is -0.520. The second kappa shape index (κ2) is 33.6. The second-order valence-electron chi connectivity index (χ2n) is 12.0. The SMILES string of the molecule is CCCCCCCCCCCCCCCCCCCCCCCCCCOCC(CO)OC(=O)CCCCC. The van der Waals surface area contributed by atoms with E-state index in [-0.39, 0.29) is 12.6 Å². The van der Waals surface area contributed by atoms with Gasteiger partial charge in [-0.15, -0.1) is 0 Å². The Morgan fingerprint density at radius 3 is 1.21 bits per heavy atom. The average molecular weight is 555 g/mol. The largest absolute Gasteiger partial charge is 0.457 e. The van der Waals surface area contributed by atoms with Gasteiger partial charge in [0.1, 0.15) is 6.10 Å².